The highest BCUT2D eigenvalue weighted by atomic mass is 79.9. The Bertz CT molecular complexity index is 645. The van der Waals surface area contributed by atoms with Crippen LogP contribution < -0.4 is 0 Å². The van der Waals surface area contributed by atoms with E-state index in [1.165, 1.54) is 0 Å². The molecule has 0 spiro atoms. The first-order chi connectivity index (χ1) is 7.86. The van der Waals surface area contributed by atoms with Crippen LogP contribution in [0.2, 0.25) is 0 Å². The predicted octanol–water partition coefficient (Wildman–Crippen LogP) is 4.26. The molecule has 0 aliphatic carbocycles. The van der Waals surface area contributed by atoms with Crippen LogP contribution in [-0.2, 0) is 0 Å². The summed E-state index contributed by atoms with van der Waals surface area (Å²) in [6.07, 6.45) is 0. The molecule has 0 aliphatic heterocycles. The number of rotatable bonds is 1. The Morgan fingerprint density at radius 3 is 2.56 bits per heavy atom. The van der Waals surface area contributed by atoms with Crippen LogP contribution in [-0.4, -0.2) is 5.16 Å². The molecule has 0 unspecified atom stereocenters. The van der Waals surface area contributed by atoms with E-state index in [2.05, 4.69) is 21.1 Å². The summed E-state index contributed by atoms with van der Waals surface area (Å²) in [5, 5.41) is 5.08. The molecule has 3 rings (SSSR count). The van der Waals surface area contributed by atoms with Gasteiger partial charge >= 0.3 is 0 Å². The smallest absolute Gasteiger partial charge is 0.175 e. The number of hydrogen-bond acceptors (Lipinski definition) is 2. The van der Waals surface area contributed by atoms with Gasteiger partial charge in [-0.25, -0.2) is 0 Å². The molecule has 2 nitrogen and oxygen atoms in total. The fourth-order valence-corrected chi connectivity index (χ4v) is 2.19. The molecular formula is C13H8BrNO. The molecule has 3 aromatic rings. The number of halogens is 1. The van der Waals surface area contributed by atoms with Crippen molar-refractivity contribution in [3.8, 4) is 11.3 Å². The predicted molar refractivity (Wildman–Crippen MR) is 67.1 cm³/mol. The number of fused-ring (bicyclic) bond motifs is 1. The van der Waals surface area contributed by atoms with Gasteiger partial charge in [0.05, 0.1) is 0 Å². The summed E-state index contributed by atoms with van der Waals surface area (Å²) >= 11 is 3.52. The molecule has 0 saturated heterocycles. The fourth-order valence-electron chi connectivity index (χ4n) is 1.73. The number of aromatic nitrogens is 1. The maximum absolute atomic E-state index is 5.40. The lowest BCUT2D eigenvalue weighted by Gasteiger charge is -1.99. The zero-order valence-electron chi connectivity index (χ0n) is 8.35. The van der Waals surface area contributed by atoms with Crippen LogP contribution in [0.15, 0.2) is 57.5 Å². The maximum atomic E-state index is 5.40. The zero-order valence-corrected chi connectivity index (χ0v) is 9.94. The summed E-state index contributed by atoms with van der Waals surface area (Å²) in [4.78, 5) is 0. The van der Waals surface area contributed by atoms with Crippen molar-refractivity contribution in [2.24, 2.45) is 0 Å². The van der Waals surface area contributed by atoms with Gasteiger partial charge < -0.3 is 4.52 Å². The summed E-state index contributed by atoms with van der Waals surface area (Å²) in [6, 6.07) is 15.9. The molecule has 0 saturated carbocycles. The Hall–Kier alpha value is -1.61. The summed E-state index contributed by atoms with van der Waals surface area (Å²) < 4.78 is 6.41. The largest absolute Gasteiger partial charge is 0.355 e. The second-order valence-electron chi connectivity index (χ2n) is 3.51. The van der Waals surface area contributed by atoms with Gasteiger partial charge in [-0.05, 0) is 24.3 Å². The molecule has 3 heteroatoms. The zero-order chi connectivity index (χ0) is 11.0. The molecule has 1 aromatic heterocycles. The summed E-state index contributed by atoms with van der Waals surface area (Å²) in [7, 11) is 0. The molecule has 0 fully saturated rings. The van der Waals surface area contributed by atoms with E-state index < -0.39 is 0 Å². The topological polar surface area (TPSA) is 26.0 Å². The molecule has 0 bridgehead atoms. The average Bonchev–Trinajstić information content (AvgIpc) is 2.74. The molecule has 16 heavy (non-hydrogen) atoms. The van der Waals surface area contributed by atoms with Crippen molar-refractivity contribution in [1.29, 1.82) is 0 Å². The van der Waals surface area contributed by atoms with Crippen LogP contribution in [0.1, 0.15) is 0 Å². The third kappa shape index (κ3) is 1.44. The van der Waals surface area contributed by atoms with E-state index in [1.807, 2.05) is 48.5 Å². The minimum Gasteiger partial charge on any atom is -0.355 e. The van der Waals surface area contributed by atoms with Gasteiger partial charge in [0.2, 0.25) is 0 Å². The first-order valence-corrected chi connectivity index (χ1v) is 5.75. The van der Waals surface area contributed by atoms with Gasteiger partial charge in [-0.15, -0.1) is 0 Å². The molecular weight excluding hydrogens is 266 g/mol. The highest BCUT2D eigenvalue weighted by Crippen LogP contribution is 2.33. The van der Waals surface area contributed by atoms with Gasteiger partial charge in [-0.3, -0.25) is 0 Å². The Kier molecular flexibility index (Phi) is 2.26. The molecule has 0 atom stereocenters. The van der Waals surface area contributed by atoms with Gasteiger partial charge in [0.1, 0.15) is 5.52 Å². The molecule has 0 amide bonds. The number of hydrogen-bond donors (Lipinski definition) is 0. The maximum Gasteiger partial charge on any atom is 0.175 e. The van der Waals surface area contributed by atoms with E-state index >= 15 is 0 Å². The standard InChI is InChI=1S/C13H8BrNO/c14-11-7-3-1-5-9(11)13-10-6-2-4-8-12(10)15-16-13/h1-8H. The van der Waals surface area contributed by atoms with Crippen LogP contribution in [0.3, 0.4) is 0 Å². The Balaban J connectivity index is 2.31. The van der Waals surface area contributed by atoms with E-state index in [9.17, 15) is 0 Å². The Morgan fingerprint density at radius 1 is 0.938 bits per heavy atom. The van der Waals surface area contributed by atoms with E-state index in [-0.39, 0.29) is 0 Å². The van der Waals surface area contributed by atoms with Crippen molar-refractivity contribution in [2.75, 3.05) is 0 Å². The van der Waals surface area contributed by atoms with Gasteiger partial charge in [-0.2, -0.15) is 0 Å². The lowest BCUT2D eigenvalue weighted by molar-refractivity contribution is 0.440. The Morgan fingerprint density at radius 2 is 1.69 bits per heavy atom. The SMILES string of the molecule is Brc1ccccc1-c1onc2ccccc12. The van der Waals surface area contributed by atoms with Gasteiger partial charge in [0, 0.05) is 15.4 Å². The normalized spacial score (nSPS) is 10.8. The lowest BCUT2D eigenvalue weighted by Crippen LogP contribution is -1.76. The van der Waals surface area contributed by atoms with Crippen LogP contribution in [0.5, 0.6) is 0 Å². The number of benzene rings is 2. The van der Waals surface area contributed by atoms with E-state index in [4.69, 9.17) is 4.52 Å². The minimum atomic E-state index is 0.808. The molecule has 0 N–H and O–H groups in total. The first-order valence-electron chi connectivity index (χ1n) is 4.95. The average molecular weight is 274 g/mol. The lowest BCUT2D eigenvalue weighted by atomic mass is 10.1. The van der Waals surface area contributed by atoms with Crippen molar-refractivity contribution >= 4 is 26.8 Å². The van der Waals surface area contributed by atoms with Crippen molar-refractivity contribution in [2.45, 2.75) is 0 Å². The highest BCUT2D eigenvalue weighted by molar-refractivity contribution is 9.10. The second-order valence-corrected chi connectivity index (χ2v) is 4.36. The first kappa shape index (κ1) is 9.60. The summed E-state index contributed by atoms with van der Waals surface area (Å²) in [5.41, 5.74) is 1.91. The Labute approximate surface area is 101 Å². The monoisotopic (exact) mass is 273 g/mol. The molecule has 78 valence electrons. The van der Waals surface area contributed by atoms with Crippen LogP contribution >= 0.6 is 15.9 Å². The summed E-state index contributed by atoms with van der Waals surface area (Å²) in [6.45, 7) is 0. The summed E-state index contributed by atoms with van der Waals surface area (Å²) in [5.74, 6) is 0.808. The van der Waals surface area contributed by atoms with E-state index in [1.54, 1.807) is 0 Å². The third-order valence-corrected chi connectivity index (χ3v) is 3.19. The van der Waals surface area contributed by atoms with Crippen LogP contribution in [0.4, 0.5) is 0 Å². The van der Waals surface area contributed by atoms with Crippen molar-refractivity contribution in [3.63, 3.8) is 0 Å². The van der Waals surface area contributed by atoms with Crippen molar-refractivity contribution in [1.82, 2.24) is 5.16 Å². The highest BCUT2D eigenvalue weighted by Gasteiger charge is 2.11. The minimum absolute atomic E-state index is 0.808. The molecule has 0 aliphatic rings. The van der Waals surface area contributed by atoms with Crippen molar-refractivity contribution < 1.29 is 4.52 Å². The van der Waals surface area contributed by atoms with Crippen LogP contribution in [0.25, 0.3) is 22.2 Å². The molecule has 0 radical (unpaired) electrons. The third-order valence-electron chi connectivity index (χ3n) is 2.50. The fraction of sp³-hybridized carbons (Fsp3) is 0. The quantitative estimate of drug-likeness (QED) is 0.662. The van der Waals surface area contributed by atoms with Gasteiger partial charge in [0.15, 0.2) is 5.76 Å². The van der Waals surface area contributed by atoms with E-state index in [0.717, 1.165) is 26.7 Å². The van der Waals surface area contributed by atoms with Gasteiger partial charge in [0.25, 0.3) is 0 Å². The number of nitrogens with zero attached hydrogens (tertiary/aromatic N) is 1. The van der Waals surface area contributed by atoms with E-state index in [0.29, 0.717) is 0 Å². The molecule has 1 heterocycles. The van der Waals surface area contributed by atoms with Gasteiger partial charge in [-0.1, -0.05) is 45.4 Å². The second kappa shape index (κ2) is 3.76. The van der Waals surface area contributed by atoms with Crippen LogP contribution in [0, 0.1) is 0 Å². The van der Waals surface area contributed by atoms with Crippen molar-refractivity contribution in [3.05, 3.63) is 53.0 Å². The molecule has 2 aromatic carbocycles.